The lowest BCUT2D eigenvalue weighted by atomic mass is 10.0. The third-order valence-electron chi connectivity index (χ3n) is 3.40. The molecule has 2 aromatic rings. The van der Waals surface area contributed by atoms with Gasteiger partial charge in [0.05, 0.1) is 7.11 Å². The Labute approximate surface area is 117 Å². The Hall–Kier alpha value is -2.55. The van der Waals surface area contributed by atoms with Crippen molar-refractivity contribution in [3.05, 3.63) is 59.2 Å². The normalized spacial score (nSPS) is 15.1. The van der Waals surface area contributed by atoms with E-state index in [1.54, 1.807) is 7.11 Å². The fourth-order valence-electron chi connectivity index (χ4n) is 2.39. The standard InChI is InChI=1S/C17H15NO2/c1-11-7-8-15-13(9-11)14(17(19)18-15)10-12-5-3-4-6-16(12)20-2/h3-10H,1-2H3,(H,18,19). The molecule has 0 atom stereocenters. The van der Waals surface area contributed by atoms with Gasteiger partial charge in [0.15, 0.2) is 0 Å². The molecule has 1 aliphatic rings. The SMILES string of the molecule is COc1ccccc1C=C1C(=O)Nc2ccc(C)cc21. The summed E-state index contributed by atoms with van der Waals surface area (Å²) >= 11 is 0. The van der Waals surface area contributed by atoms with E-state index < -0.39 is 0 Å². The number of fused-ring (bicyclic) bond motifs is 1. The predicted molar refractivity (Wildman–Crippen MR) is 80.7 cm³/mol. The number of benzene rings is 2. The number of methoxy groups -OCH3 is 1. The largest absolute Gasteiger partial charge is 0.496 e. The molecule has 0 aromatic heterocycles. The minimum atomic E-state index is -0.0727. The summed E-state index contributed by atoms with van der Waals surface area (Å²) < 4.78 is 5.33. The Bertz CT molecular complexity index is 717. The van der Waals surface area contributed by atoms with Gasteiger partial charge in [0.2, 0.25) is 0 Å². The molecule has 0 saturated carbocycles. The van der Waals surface area contributed by atoms with Gasteiger partial charge in [0.25, 0.3) is 5.91 Å². The molecule has 1 N–H and O–H groups in total. The zero-order chi connectivity index (χ0) is 14.1. The van der Waals surface area contributed by atoms with Gasteiger partial charge < -0.3 is 10.1 Å². The Kier molecular flexibility index (Phi) is 3.03. The van der Waals surface area contributed by atoms with Crippen molar-refractivity contribution in [3.8, 4) is 5.75 Å². The third kappa shape index (κ3) is 2.07. The molecule has 100 valence electrons. The molecule has 3 heteroatoms. The molecule has 1 amide bonds. The van der Waals surface area contributed by atoms with E-state index >= 15 is 0 Å². The molecule has 20 heavy (non-hydrogen) atoms. The van der Waals surface area contributed by atoms with Gasteiger partial charge in [-0.15, -0.1) is 0 Å². The molecule has 0 bridgehead atoms. The van der Waals surface area contributed by atoms with Gasteiger partial charge in [-0.1, -0.05) is 29.8 Å². The van der Waals surface area contributed by atoms with Crippen LogP contribution in [-0.4, -0.2) is 13.0 Å². The lowest BCUT2D eigenvalue weighted by Gasteiger charge is -2.05. The molecule has 1 aliphatic heterocycles. The van der Waals surface area contributed by atoms with Crippen molar-refractivity contribution in [1.29, 1.82) is 0 Å². The highest BCUT2D eigenvalue weighted by molar-refractivity contribution is 6.35. The van der Waals surface area contributed by atoms with Gasteiger partial charge in [-0.2, -0.15) is 0 Å². The Balaban J connectivity index is 2.13. The number of rotatable bonds is 2. The number of hydrogen-bond acceptors (Lipinski definition) is 2. The molecule has 0 aliphatic carbocycles. The number of aryl methyl sites for hydroxylation is 1. The topological polar surface area (TPSA) is 38.3 Å². The van der Waals surface area contributed by atoms with Crippen LogP contribution in [-0.2, 0) is 4.79 Å². The summed E-state index contributed by atoms with van der Waals surface area (Å²) in [6.07, 6.45) is 1.87. The van der Waals surface area contributed by atoms with E-state index in [1.807, 2.05) is 55.5 Å². The maximum atomic E-state index is 12.1. The van der Waals surface area contributed by atoms with Gasteiger partial charge in [-0.25, -0.2) is 0 Å². The minimum Gasteiger partial charge on any atom is -0.496 e. The van der Waals surface area contributed by atoms with Crippen LogP contribution in [0.3, 0.4) is 0 Å². The first-order valence-electron chi connectivity index (χ1n) is 6.46. The number of nitrogens with one attached hydrogen (secondary N) is 1. The lowest BCUT2D eigenvalue weighted by Crippen LogP contribution is -2.03. The van der Waals surface area contributed by atoms with Crippen LogP contribution in [0.1, 0.15) is 16.7 Å². The van der Waals surface area contributed by atoms with Gasteiger partial charge in [0, 0.05) is 22.4 Å². The van der Waals surface area contributed by atoms with Crippen LogP contribution in [0.15, 0.2) is 42.5 Å². The molecule has 0 radical (unpaired) electrons. The quantitative estimate of drug-likeness (QED) is 0.844. The molecule has 3 nitrogen and oxygen atoms in total. The zero-order valence-electron chi connectivity index (χ0n) is 11.4. The Morgan fingerprint density at radius 1 is 1.15 bits per heavy atom. The van der Waals surface area contributed by atoms with Crippen molar-refractivity contribution in [2.75, 3.05) is 12.4 Å². The average Bonchev–Trinajstić information content (AvgIpc) is 2.76. The predicted octanol–water partition coefficient (Wildman–Crippen LogP) is 3.50. The van der Waals surface area contributed by atoms with Gasteiger partial charge >= 0.3 is 0 Å². The fraction of sp³-hybridized carbons (Fsp3) is 0.118. The second kappa shape index (κ2) is 4.85. The van der Waals surface area contributed by atoms with E-state index in [2.05, 4.69) is 5.32 Å². The smallest absolute Gasteiger partial charge is 0.256 e. The van der Waals surface area contributed by atoms with Crippen molar-refractivity contribution in [2.45, 2.75) is 6.92 Å². The van der Waals surface area contributed by atoms with Crippen molar-refractivity contribution in [3.63, 3.8) is 0 Å². The molecular weight excluding hydrogens is 250 g/mol. The second-order valence-corrected chi connectivity index (χ2v) is 4.80. The number of hydrogen-bond donors (Lipinski definition) is 1. The van der Waals surface area contributed by atoms with Crippen LogP contribution in [0.2, 0.25) is 0 Å². The van der Waals surface area contributed by atoms with Gasteiger partial charge in [-0.05, 0) is 31.2 Å². The molecular formula is C17H15NO2. The average molecular weight is 265 g/mol. The highest BCUT2D eigenvalue weighted by atomic mass is 16.5. The van der Waals surface area contributed by atoms with E-state index in [1.165, 1.54) is 0 Å². The number of amides is 1. The van der Waals surface area contributed by atoms with Crippen LogP contribution in [0.25, 0.3) is 11.6 Å². The molecule has 2 aromatic carbocycles. The zero-order valence-corrected chi connectivity index (χ0v) is 11.4. The van der Waals surface area contributed by atoms with Crippen LogP contribution in [0.5, 0.6) is 5.75 Å². The van der Waals surface area contributed by atoms with E-state index in [4.69, 9.17) is 4.74 Å². The fourth-order valence-corrected chi connectivity index (χ4v) is 2.39. The lowest BCUT2D eigenvalue weighted by molar-refractivity contribution is -0.110. The van der Waals surface area contributed by atoms with Gasteiger partial charge in [-0.3, -0.25) is 4.79 Å². The van der Waals surface area contributed by atoms with Crippen LogP contribution >= 0.6 is 0 Å². The minimum absolute atomic E-state index is 0.0727. The Morgan fingerprint density at radius 3 is 2.75 bits per heavy atom. The van der Waals surface area contributed by atoms with Gasteiger partial charge in [0.1, 0.15) is 5.75 Å². The number of ether oxygens (including phenoxy) is 1. The van der Waals surface area contributed by atoms with Crippen molar-refractivity contribution >= 4 is 23.2 Å². The van der Waals surface area contributed by atoms with Crippen LogP contribution in [0, 0.1) is 6.92 Å². The summed E-state index contributed by atoms with van der Waals surface area (Å²) in [7, 11) is 1.63. The van der Waals surface area contributed by atoms with E-state index in [0.717, 1.165) is 28.1 Å². The first-order valence-corrected chi connectivity index (χ1v) is 6.46. The number of anilines is 1. The molecule has 0 unspecified atom stereocenters. The molecule has 1 heterocycles. The van der Waals surface area contributed by atoms with Crippen molar-refractivity contribution in [1.82, 2.24) is 0 Å². The highest BCUT2D eigenvalue weighted by Crippen LogP contribution is 2.34. The summed E-state index contributed by atoms with van der Waals surface area (Å²) in [5, 5.41) is 2.88. The van der Waals surface area contributed by atoms with Crippen LogP contribution < -0.4 is 10.1 Å². The summed E-state index contributed by atoms with van der Waals surface area (Å²) in [6.45, 7) is 2.02. The van der Waals surface area contributed by atoms with Crippen molar-refractivity contribution in [2.24, 2.45) is 0 Å². The maximum absolute atomic E-state index is 12.1. The highest BCUT2D eigenvalue weighted by Gasteiger charge is 2.24. The summed E-state index contributed by atoms with van der Waals surface area (Å²) in [5.74, 6) is 0.686. The first-order chi connectivity index (χ1) is 9.69. The number of para-hydroxylation sites is 1. The monoisotopic (exact) mass is 265 g/mol. The summed E-state index contributed by atoms with van der Waals surface area (Å²) in [5.41, 5.74) is 4.51. The van der Waals surface area contributed by atoms with E-state index in [0.29, 0.717) is 5.57 Å². The summed E-state index contributed by atoms with van der Waals surface area (Å²) in [4.78, 5) is 12.1. The number of carbonyl (C=O) groups is 1. The first kappa shape index (κ1) is 12.5. The second-order valence-electron chi connectivity index (χ2n) is 4.80. The maximum Gasteiger partial charge on any atom is 0.256 e. The van der Waals surface area contributed by atoms with E-state index in [-0.39, 0.29) is 5.91 Å². The van der Waals surface area contributed by atoms with Crippen molar-refractivity contribution < 1.29 is 9.53 Å². The Morgan fingerprint density at radius 2 is 1.95 bits per heavy atom. The molecule has 0 fully saturated rings. The molecule has 3 rings (SSSR count). The third-order valence-corrected chi connectivity index (χ3v) is 3.40. The molecule has 0 spiro atoms. The van der Waals surface area contributed by atoms with Crippen LogP contribution in [0.4, 0.5) is 5.69 Å². The van der Waals surface area contributed by atoms with E-state index in [9.17, 15) is 4.79 Å². The summed E-state index contributed by atoms with van der Waals surface area (Å²) in [6, 6.07) is 13.6. The molecule has 0 saturated heterocycles. The number of carbonyl (C=O) groups excluding carboxylic acids is 1.